The summed E-state index contributed by atoms with van der Waals surface area (Å²) in [6.45, 7) is 4.39. The first kappa shape index (κ1) is 15.2. The molecule has 0 N–H and O–H groups in total. The molecule has 4 heteroatoms. The Morgan fingerprint density at radius 3 is 2.43 bits per heavy atom. The first-order chi connectivity index (χ1) is 11.2. The van der Waals surface area contributed by atoms with Gasteiger partial charge in [-0.15, -0.1) is 0 Å². The van der Waals surface area contributed by atoms with Gasteiger partial charge in [0.15, 0.2) is 11.5 Å². The van der Waals surface area contributed by atoms with Gasteiger partial charge in [-0.1, -0.05) is 23.8 Å². The largest absolute Gasteiger partial charge is 0.493 e. The maximum Gasteiger partial charge on any atom is 0.226 e. The SMILES string of the molecule is COc1cc(C)ccc1OCc1coc(-c2ccc(C)cc2)n1. The molecule has 0 bridgehead atoms. The second-order valence-corrected chi connectivity index (χ2v) is 5.45. The first-order valence-electron chi connectivity index (χ1n) is 7.44. The lowest BCUT2D eigenvalue weighted by atomic mass is 10.1. The fraction of sp³-hybridized carbons (Fsp3) is 0.211. The monoisotopic (exact) mass is 309 g/mol. The van der Waals surface area contributed by atoms with Crippen molar-refractivity contribution in [3.63, 3.8) is 0 Å². The van der Waals surface area contributed by atoms with Gasteiger partial charge in [0.2, 0.25) is 5.89 Å². The first-order valence-corrected chi connectivity index (χ1v) is 7.44. The van der Waals surface area contributed by atoms with Crippen LogP contribution in [0.2, 0.25) is 0 Å². The van der Waals surface area contributed by atoms with E-state index in [0.717, 1.165) is 16.8 Å². The number of nitrogens with zero attached hydrogens (tertiary/aromatic N) is 1. The Bertz CT molecular complexity index is 791. The Kier molecular flexibility index (Phi) is 4.33. The molecular weight excluding hydrogens is 290 g/mol. The summed E-state index contributed by atoms with van der Waals surface area (Å²) in [6, 6.07) is 13.9. The number of ether oxygens (including phenoxy) is 2. The minimum absolute atomic E-state index is 0.328. The Morgan fingerprint density at radius 1 is 0.957 bits per heavy atom. The zero-order valence-corrected chi connectivity index (χ0v) is 13.5. The van der Waals surface area contributed by atoms with Crippen LogP contribution in [-0.2, 0) is 6.61 Å². The van der Waals surface area contributed by atoms with Gasteiger partial charge in [0.25, 0.3) is 0 Å². The molecule has 0 radical (unpaired) electrons. The third-order valence-electron chi connectivity index (χ3n) is 3.54. The van der Waals surface area contributed by atoms with Gasteiger partial charge in [0.1, 0.15) is 18.6 Å². The van der Waals surface area contributed by atoms with Crippen molar-refractivity contribution in [3.05, 3.63) is 65.5 Å². The summed E-state index contributed by atoms with van der Waals surface area (Å²) >= 11 is 0. The van der Waals surface area contributed by atoms with Crippen LogP contribution in [0, 0.1) is 13.8 Å². The van der Waals surface area contributed by atoms with Gasteiger partial charge >= 0.3 is 0 Å². The Hall–Kier alpha value is -2.75. The lowest BCUT2D eigenvalue weighted by molar-refractivity contribution is 0.280. The van der Waals surface area contributed by atoms with E-state index in [0.29, 0.717) is 24.0 Å². The van der Waals surface area contributed by atoms with E-state index in [9.17, 15) is 0 Å². The summed E-state index contributed by atoms with van der Waals surface area (Å²) in [4.78, 5) is 4.47. The van der Waals surface area contributed by atoms with Crippen molar-refractivity contribution < 1.29 is 13.9 Å². The van der Waals surface area contributed by atoms with Crippen molar-refractivity contribution in [2.24, 2.45) is 0 Å². The second kappa shape index (κ2) is 6.57. The van der Waals surface area contributed by atoms with Crippen molar-refractivity contribution in [1.82, 2.24) is 4.98 Å². The van der Waals surface area contributed by atoms with E-state index >= 15 is 0 Å². The highest BCUT2D eigenvalue weighted by Gasteiger charge is 2.09. The summed E-state index contributed by atoms with van der Waals surface area (Å²) in [6.07, 6.45) is 1.62. The zero-order valence-electron chi connectivity index (χ0n) is 13.5. The summed E-state index contributed by atoms with van der Waals surface area (Å²) in [5.74, 6) is 2.00. The third kappa shape index (κ3) is 3.54. The number of oxazole rings is 1. The summed E-state index contributed by atoms with van der Waals surface area (Å²) < 4.78 is 16.7. The van der Waals surface area contributed by atoms with Gasteiger partial charge in [-0.3, -0.25) is 0 Å². The van der Waals surface area contributed by atoms with E-state index in [-0.39, 0.29) is 0 Å². The number of hydrogen-bond acceptors (Lipinski definition) is 4. The highest BCUT2D eigenvalue weighted by Crippen LogP contribution is 2.28. The summed E-state index contributed by atoms with van der Waals surface area (Å²) in [5, 5.41) is 0. The van der Waals surface area contributed by atoms with Crippen molar-refractivity contribution in [1.29, 1.82) is 0 Å². The van der Waals surface area contributed by atoms with Crippen LogP contribution in [0.3, 0.4) is 0 Å². The number of hydrogen-bond donors (Lipinski definition) is 0. The molecule has 23 heavy (non-hydrogen) atoms. The highest BCUT2D eigenvalue weighted by molar-refractivity contribution is 5.53. The molecule has 1 heterocycles. The van der Waals surface area contributed by atoms with Gasteiger partial charge in [0, 0.05) is 5.56 Å². The van der Waals surface area contributed by atoms with Crippen LogP contribution < -0.4 is 9.47 Å². The molecular formula is C19H19NO3. The lowest BCUT2D eigenvalue weighted by Crippen LogP contribution is -1.98. The van der Waals surface area contributed by atoms with Crippen molar-refractivity contribution in [3.8, 4) is 23.0 Å². The highest BCUT2D eigenvalue weighted by atomic mass is 16.5. The molecule has 2 aromatic carbocycles. The van der Waals surface area contributed by atoms with Crippen molar-refractivity contribution in [2.75, 3.05) is 7.11 Å². The Labute approximate surface area is 135 Å². The molecule has 0 fully saturated rings. The predicted octanol–water partition coefficient (Wildman–Crippen LogP) is 4.55. The maximum atomic E-state index is 5.79. The lowest BCUT2D eigenvalue weighted by Gasteiger charge is -2.09. The van der Waals surface area contributed by atoms with Gasteiger partial charge in [-0.25, -0.2) is 4.98 Å². The molecule has 0 aliphatic carbocycles. The number of methoxy groups -OCH3 is 1. The molecule has 0 saturated carbocycles. The van der Waals surface area contributed by atoms with Crippen LogP contribution in [0.4, 0.5) is 0 Å². The quantitative estimate of drug-likeness (QED) is 0.694. The van der Waals surface area contributed by atoms with Crippen molar-refractivity contribution >= 4 is 0 Å². The fourth-order valence-electron chi connectivity index (χ4n) is 2.25. The molecule has 0 atom stereocenters. The molecule has 0 aliphatic rings. The van der Waals surface area contributed by atoms with Gasteiger partial charge in [-0.2, -0.15) is 0 Å². The van der Waals surface area contributed by atoms with E-state index in [4.69, 9.17) is 13.9 Å². The van der Waals surface area contributed by atoms with E-state index in [1.54, 1.807) is 13.4 Å². The topological polar surface area (TPSA) is 44.5 Å². The number of rotatable bonds is 5. The normalized spacial score (nSPS) is 10.6. The molecule has 0 saturated heterocycles. The van der Waals surface area contributed by atoms with Crippen LogP contribution in [0.5, 0.6) is 11.5 Å². The van der Waals surface area contributed by atoms with Gasteiger partial charge in [-0.05, 0) is 43.7 Å². The molecule has 3 aromatic rings. The summed E-state index contributed by atoms with van der Waals surface area (Å²) in [5.41, 5.74) is 4.02. The molecule has 118 valence electrons. The van der Waals surface area contributed by atoms with Crippen LogP contribution in [-0.4, -0.2) is 12.1 Å². The van der Waals surface area contributed by atoms with Crippen LogP contribution in [0.25, 0.3) is 11.5 Å². The molecule has 4 nitrogen and oxygen atoms in total. The molecule has 3 rings (SSSR count). The van der Waals surface area contributed by atoms with E-state index in [2.05, 4.69) is 4.98 Å². The molecule has 0 unspecified atom stereocenters. The fourth-order valence-corrected chi connectivity index (χ4v) is 2.25. The van der Waals surface area contributed by atoms with Crippen LogP contribution in [0.15, 0.2) is 53.1 Å². The Balaban J connectivity index is 1.71. The smallest absolute Gasteiger partial charge is 0.226 e. The number of aryl methyl sites for hydroxylation is 2. The molecule has 0 aliphatic heterocycles. The third-order valence-corrected chi connectivity index (χ3v) is 3.54. The maximum absolute atomic E-state index is 5.79. The van der Waals surface area contributed by atoms with Crippen LogP contribution >= 0.6 is 0 Å². The summed E-state index contributed by atoms with van der Waals surface area (Å²) in [7, 11) is 1.63. The minimum atomic E-state index is 0.328. The van der Waals surface area contributed by atoms with Crippen LogP contribution in [0.1, 0.15) is 16.8 Å². The van der Waals surface area contributed by atoms with E-state index < -0.39 is 0 Å². The van der Waals surface area contributed by atoms with E-state index in [1.807, 2.05) is 56.3 Å². The second-order valence-electron chi connectivity index (χ2n) is 5.45. The van der Waals surface area contributed by atoms with Gasteiger partial charge < -0.3 is 13.9 Å². The number of aromatic nitrogens is 1. The Morgan fingerprint density at radius 2 is 1.70 bits per heavy atom. The predicted molar refractivity (Wildman–Crippen MR) is 88.7 cm³/mol. The average molecular weight is 309 g/mol. The number of benzene rings is 2. The standard InChI is InChI=1S/C19H19NO3/c1-13-4-7-15(8-5-13)19-20-16(12-23-19)11-22-17-9-6-14(2)10-18(17)21-3/h4-10,12H,11H2,1-3H3. The van der Waals surface area contributed by atoms with E-state index in [1.165, 1.54) is 5.56 Å². The average Bonchev–Trinajstić information content (AvgIpc) is 3.03. The molecule has 0 amide bonds. The zero-order chi connectivity index (χ0) is 16.2. The molecule has 0 spiro atoms. The van der Waals surface area contributed by atoms with Gasteiger partial charge in [0.05, 0.1) is 7.11 Å². The molecule has 1 aromatic heterocycles. The minimum Gasteiger partial charge on any atom is -0.493 e. The van der Waals surface area contributed by atoms with Crippen molar-refractivity contribution in [2.45, 2.75) is 20.5 Å².